The monoisotopic (exact) mass is 408 g/mol. The van der Waals surface area contributed by atoms with Gasteiger partial charge in [0.05, 0.1) is 0 Å². The molecule has 2 rings (SSSR count). The highest BCUT2D eigenvalue weighted by atomic mass is 16.1. The van der Waals surface area contributed by atoms with Crippen molar-refractivity contribution in [2.24, 2.45) is 0 Å². The van der Waals surface area contributed by atoms with Gasteiger partial charge in [-0.15, -0.1) is 0 Å². The van der Waals surface area contributed by atoms with E-state index in [4.69, 9.17) is 0 Å². The fourth-order valence-corrected chi connectivity index (χ4v) is 3.69. The summed E-state index contributed by atoms with van der Waals surface area (Å²) in [6.07, 6.45) is 13.1. The van der Waals surface area contributed by atoms with Gasteiger partial charge in [-0.3, -0.25) is 4.79 Å². The highest BCUT2D eigenvalue weighted by molar-refractivity contribution is 5.94. The molecule has 2 N–H and O–H groups in total. The first-order chi connectivity index (χ1) is 14.8. The topological polar surface area (TPSA) is 41.1 Å². The lowest BCUT2D eigenvalue weighted by molar-refractivity contribution is 0.0953. The molecule has 0 aliphatic carbocycles. The Morgan fingerprint density at radius 3 is 2.00 bits per heavy atom. The third-order valence-corrected chi connectivity index (χ3v) is 5.51. The molecule has 0 aliphatic heterocycles. The molecule has 0 saturated heterocycles. The highest BCUT2D eigenvalue weighted by Gasteiger charge is 2.05. The van der Waals surface area contributed by atoms with Crippen LogP contribution in [0.25, 0.3) is 0 Å². The SMILES string of the molecule is CCCCCCCCCCCCNC(=O)c1cccc(CNCc2ccccc2)c1. The van der Waals surface area contributed by atoms with Gasteiger partial charge in [-0.25, -0.2) is 0 Å². The third kappa shape index (κ3) is 10.6. The average molecular weight is 409 g/mol. The quantitative estimate of drug-likeness (QED) is 0.306. The summed E-state index contributed by atoms with van der Waals surface area (Å²) >= 11 is 0. The summed E-state index contributed by atoms with van der Waals surface area (Å²) < 4.78 is 0. The second-order valence-electron chi connectivity index (χ2n) is 8.23. The molecule has 2 aromatic rings. The van der Waals surface area contributed by atoms with Crippen molar-refractivity contribution < 1.29 is 4.79 Å². The summed E-state index contributed by atoms with van der Waals surface area (Å²) in [5.41, 5.74) is 3.15. The van der Waals surface area contributed by atoms with Crippen LogP contribution in [0.5, 0.6) is 0 Å². The summed E-state index contributed by atoms with van der Waals surface area (Å²) in [5, 5.41) is 6.52. The maximum absolute atomic E-state index is 12.4. The summed E-state index contributed by atoms with van der Waals surface area (Å²) in [6.45, 7) is 4.62. The lowest BCUT2D eigenvalue weighted by Gasteiger charge is -2.08. The highest BCUT2D eigenvalue weighted by Crippen LogP contribution is 2.10. The van der Waals surface area contributed by atoms with Crippen LogP contribution >= 0.6 is 0 Å². The van der Waals surface area contributed by atoms with E-state index in [1.165, 1.54) is 63.4 Å². The second-order valence-corrected chi connectivity index (χ2v) is 8.23. The van der Waals surface area contributed by atoms with Gasteiger partial charge in [0.25, 0.3) is 5.91 Å². The Morgan fingerprint density at radius 2 is 1.30 bits per heavy atom. The van der Waals surface area contributed by atoms with Crippen molar-refractivity contribution in [1.29, 1.82) is 0 Å². The van der Waals surface area contributed by atoms with Gasteiger partial charge in [0.2, 0.25) is 0 Å². The number of amides is 1. The number of hydrogen-bond donors (Lipinski definition) is 2. The molecule has 3 nitrogen and oxygen atoms in total. The van der Waals surface area contributed by atoms with E-state index in [0.29, 0.717) is 0 Å². The van der Waals surface area contributed by atoms with Gasteiger partial charge in [0.1, 0.15) is 0 Å². The van der Waals surface area contributed by atoms with Crippen LogP contribution in [0.15, 0.2) is 54.6 Å². The van der Waals surface area contributed by atoms with Gasteiger partial charge < -0.3 is 10.6 Å². The van der Waals surface area contributed by atoms with E-state index in [9.17, 15) is 4.79 Å². The minimum atomic E-state index is 0.0378. The molecule has 0 fully saturated rings. The molecule has 3 heteroatoms. The van der Waals surface area contributed by atoms with Gasteiger partial charge in [0.15, 0.2) is 0 Å². The first kappa shape index (κ1) is 24.1. The number of rotatable bonds is 16. The van der Waals surface area contributed by atoms with Crippen LogP contribution in [0, 0.1) is 0 Å². The van der Waals surface area contributed by atoms with Crippen LogP contribution in [-0.2, 0) is 13.1 Å². The molecule has 0 heterocycles. The minimum Gasteiger partial charge on any atom is -0.352 e. The molecule has 30 heavy (non-hydrogen) atoms. The summed E-state index contributed by atoms with van der Waals surface area (Å²) in [4.78, 5) is 12.4. The number of benzene rings is 2. The second kappa shape index (κ2) is 15.7. The lowest BCUT2D eigenvalue weighted by Crippen LogP contribution is -2.24. The molecule has 0 spiro atoms. The lowest BCUT2D eigenvalue weighted by atomic mass is 10.1. The maximum Gasteiger partial charge on any atom is 0.251 e. The Balaban J connectivity index is 1.55. The van der Waals surface area contributed by atoms with Crippen LogP contribution in [0.2, 0.25) is 0 Å². The Morgan fingerprint density at radius 1 is 0.700 bits per heavy atom. The zero-order valence-corrected chi connectivity index (χ0v) is 18.8. The normalized spacial score (nSPS) is 10.8. The first-order valence-corrected chi connectivity index (χ1v) is 11.9. The van der Waals surface area contributed by atoms with Crippen LogP contribution in [-0.4, -0.2) is 12.5 Å². The zero-order valence-electron chi connectivity index (χ0n) is 18.8. The molecule has 0 aromatic heterocycles. The Kier molecular flexibility index (Phi) is 12.6. The van der Waals surface area contributed by atoms with Crippen LogP contribution in [0.4, 0.5) is 0 Å². The van der Waals surface area contributed by atoms with E-state index >= 15 is 0 Å². The smallest absolute Gasteiger partial charge is 0.251 e. The molecule has 1 amide bonds. The number of nitrogens with one attached hydrogen (secondary N) is 2. The molecule has 0 bridgehead atoms. The van der Waals surface area contributed by atoms with E-state index in [0.717, 1.165) is 37.2 Å². The van der Waals surface area contributed by atoms with Crippen molar-refractivity contribution in [2.45, 2.75) is 84.2 Å². The van der Waals surface area contributed by atoms with Crippen molar-refractivity contribution in [1.82, 2.24) is 10.6 Å². The van der Waals surface area contributed by atoms with E-state index in [-0.39, 0.29) is 5.91 Å². The minimum absolute atomic E-state index is 0.0378. The summed E-state index contributed by atoms with van der Waals surface area (Å²) in [5.74, 6) is 0.0378. The number of unbranched alkanes of at least 4 members (excludes halogenated alkanes) is 9. The fraction of sp³-hybridized carbons (Fsp3) is 0.519. The van der Waals surface area contributed by atoms with E-state index in [1.807, 2.05) is 24.3 Å². The van der Waals surface area contributed by atoms with Gasteiger partial charge in [0, 0.05) is 25.2 Å². The van der Waals surface area contributed by atoms with Gasteiger partial charge >= 0.3 is 0 Å². The van der Waals surface area contributed by atoms with E-state index in [1.54, 1.807) is 0 Å². The summed E-state index contributed by atoms with van der Waals surface area (Å²) in [7, 11) is 0. The molecular formula is C27H40N2O. The predicted octanol–water partition coefficient (Wildman–Crippen LogP) is 6.63. The van der Waals surface area contributed by atoms with Gasteiger partial charge in [-0.05, 0) is 29.7 Å². The van der Waals surface area contributed by atoms with Crippen LogP contribution < -0.4 is 10.6 Å². The molecule has 0 atom stereocenters. The number of carbonyl (C=O) groups excluding carboxylic acids is 1. The van der Waals surface area contributed by atoms with Crippen LogP contribution in [0.3, 0.4) is 0 Å². The molecule has 0 saturated carbocycles. The Hall–Kier alpha value is -2.13. The van der Waals surface area contributed by atoms with Gasteiger partial charge in [-0.2, -0.15) is 0 Å². The molecular weight excluding hydrogens is 368 g/mol. The van der Waals surface area contributed by atoms with E-state index < -0.39 is 0 Å². The van der Waals surface area contributed by atoms with Crippen molar-refractivity contribution in [2.75, 3.05) is 6.54 Å². The van der Waals surface area contributed by atoms with Crippen LogP contribution in [0.1, 0.15) is 92.6 Å². The Bertz CT molecular complexity index is 699. The molecule has 0 aliphatic rings. The van der Waals surface area contributed by atoms with Gasteiger partial charge in [-0.1, -0.05) is 107 Å². The fourth-order valence-electron chi connectivity index (χ4n) is 3.69. The molecule has 2 aromatic carbocycles. The van der Waals surface area contributed by atoms with Crippen molar-refractivity contribution in [3.8, 4) is 0 Å². The van der Waals surface area contributed by atoms with E-state index in [2.05, 4.69) is 47.9 Å². The number of carbonyl (C=O) groups is 1. The molecule has 0 unspecified atom stereocenters. The standard InChI is InChI=1S/C27H40N2O/c1-2-3-4-5-6-7-8-9-10-14-20-29-27(30)26-19-15-18-25(21-26)23-28-22-24-16-12-11-13-17-24/h11-13,15-19,21,28H,2-10,14,20,22-23H2,1H3,(H,29,30). The molecule has 0 radical (unpaired) electrons. The van der Waals surface area contributed by atoms with Crippen molar-refractivity contribution in [3.05, 3.63) is 71.3 Å². The Labute approximate surface area is 183 Å². The zero-order chi connectivity index (χ0) is 21.3. The number of hydrogen-bond acceptors (Lipinski definition) is 2. The largest absolute Gasteiger partial charge is 0.352 e. The summed E-state index contributed by atoms with van der Waals surface area (Å²) in [6, 6.07) is 18.3. The van der Waals surface area contributed by atoms with Crippen molar-refractivity contribution in [3.63, 3.8) is 0 Å². The third-order valence-electron chi connectivity index (χ3n) is 5.51. The molecule has 164 valence electrons. The maximum atomic E-state index is 12.4. The van der Waals surface area contributed by atoms with Crippen molar-refractivity contribution >= 4 is 5.91 Å². The first-order valence-electron chi connectivity index (χ1n) is 11.9. The average Bonchev–Trinajstić information content (AvgIpc) is 2.78. The predicted molar refractivity (Wildman–Crippen MR) is 128 cm³/mol.